The Kier molecular flexibility index (Phi) is 5.13. The molecule has 0 saturated heterocycles. The van der Waals surface area contributed by atoms with Crippen LogP contribution in [0, 0.1) is 0 Å². The van der Waals surface area contributed by atoms with E-state index in [0.29, 0.717) is 10.6 Å². The van der Waals surface area contributed by atoms with Gasteiger partial charge >= 0.3 is 0 Å². The van der Waals surface area contributed by atoms with Crippen molar-refractivity contribution >= 4 is 29.3 Å². The molecule has 0 bridgehead atoms. The number of carbonyl (C=O) groups is 1. The average Bonchev–Trinajstić information content (AvgIpc) is 2.42. The van der Waals surface area contributed by atoms with E-state index in [1.165, 1.54) is 0 Å². The van der Waals surface area contributed by atoms with Gasteiger partial charge in [-0.05, 0) is 37.3 Å². The highest BCUT2D eigenvalue weighted by atomic mass is 35.5. The molecule has 2 rings (SSSR count). The Morgan fingerprint density at radius 1 is 1.42 bits per heavy atom. The highest BCUT2D eigenvalue weighted by Crippen LogP contribution is 2.24. The Morgan fingerprint density at radius 2 is 2.16 bits per heavy atom. The van der Waals surface area contributed by atoms with Gasteiger partial charge in [-0.15, -0.1) is 11.8 Å². The molecule has 0 heterocycles. The second kappa shape index (κ2) is 6.64. The van der Waals surface area contributed by atoms with Crippen molar-refractivity contribution in [2.75, 3.05) is 6.26 Å². The molecule has 1 aliphatic carbocycles. The lowest BCUT2D eigenvalue weighted by Gasteiger charge is -2.28. The van der Waals surface area contributed by atoms with E-state index < -0.39 is 6.10 Å². The molecule has 3 nitrogen and oxygen atoms in total. The van der Waals surface area contributed by atoms with Crippen molar-refractivity contribution in [2.24, 2.45) is 0 Å². The van der Waals surface area contributed by atoms with Crippen LogP contribution in [0.25, 0.3) is 0 Å². The maximum atomic E-state index is 12.2. The van der Waals surface area contributed by atoms with Crippen LogP contribution in [0.5, 0.6) is 0 Å². The van der Waals surface area contributed by atoms with Gasteiger partial charge < -0.3 is 10.4 Å². The number of benzene rings is 1. The van der Waals surface area contributed by atoms with Crippen LogP contribution in [0.3, 0.4) is 0 Å². The van der Waals surface area contributed by atoms with Gasteiger partial charge in [0, 0.05) is 4.90 Å². The summed E-state index contributed by atoms with van der Waals surface area (Å²) in [6.45, 7) is 0. The number of nitrogens with one attached hydrogen (secondary N) is 1. The second-order valence-electron chi connectivity index (χ2n) is 4.78. The molecule has 2 atom stereocenters. The van der Waals surface area contributed by atoms with E-state index in [1.807, 2.05) is 12.3 Å². The minimum absolute atomic E-state index is 0.157. The van der Waals surface area contributed by atoms with E-state index in [2.05, 4.69) is 5.32 Å². The molecule has 1 aromatic rings. The van der Waals surface area contributed by atoms with Crippen molar-refractivity contribution in [1.82, 2.24) is 5.32 Å². The third-order valence-corrected chi connectivity index (χ3v) is 4.52. The van der Waals surface area contributed by atoms with Gasteiger partial charge in [0.25, 0.3) is 5.91 Å². The quantitative estimate of drug-likeness (QED) is 0.843. The van der Waals surface area contributed by atoms with Crippen LogP contribution in [-0.2, 0) is 0 Å². The second-order valence-corrected chi connectivity index (χ2v) is 6.06. The lowest BCUT2D eigenvalue weighted by molar-refractivity contribution is 0.0717. The molecule has 5 heteroatoms. The smallest absolute Gasteiger partial charge is 0.253 e. The van der Waals surface area contributed by atoms with Crippen molar-refractivity contribution in [2.45, 2.75) is 42.7 Å². The Labute approximate surface area is 122 Å². The molecule has 1 aromatic carbocycles. The Hall–Kier alpha value is -0.710. The van der Waals surface area contributed by atoms with Crippen LogP contribution in [-0.4, -0.2) is 29.4 Å². The number of aliphatic hydroxyl groups is 1. The summed E-state index contributed by atoms with van der Waals surface area (Å²) in [4.78, 5) is 13.2. The summed E-state index contributed by atoms with van der Waals surface area (Å²) in [6.07, 6.45) is 5.16. The van der Waals surface area contributed by atoms with E-state index in [9.17, 15) is 9.90 Å². The van der Waals surface area contributed by atoms with Crippen LogP contribution in [0.4, 0.5) is 0 Å². The van der Waals surface area contributed by atoms with Gasteiger partial charge in [0.05, 0.1) is 22.7 Å². The lowest BCUT2D eigenvalue weighted by atomic mass is 9.92. The molecule has 19 heavy (non-hydrogen) atoms. The molecule has 1 aliphatic rings. The average molecular weight is 300 g/mol. The maximum absolute atomic E-state index is 12.2. The van der Waals surface area contributed by atoms with E-state index in [1.54, 1.807) is 23.9 Å². The monoisotopic (exact) mass is 299 g/mol. The fraction of sp³-hybridized carbons (Fsp3) is 0.500. The Balaban J connectivity index is 2.10. The summed E-state index contributed by atoms with van der Waals surface area (Å²) in [5, 5.41) is 13.2. The van der Waals surface area contributed by atoms with Crippen molar-refractivity contribution in [3.63, 3.8) is 0 Å². The number of halogens is 1. The molecule has 0 aromatic heterocycles. The molecular weight excluding hydrogens is 282 g/mol. The number of hydrogen-bond acceptors (Lipinski definition) is 3. The summed E-state index contributed by atoms with van der Waals surface area (Å²) in [6, 6.07) is 5.26. The molecule has 0 unspecified atom stereocenters. The first-order valence-corrected chi connectivity index (χ1v) is 8.04. The topological polar surface area (TPSA) is 49.3 Å². The highest BCUT2D eigenvalue weighted by molar-refractivity contribution is 7.98. The highest BCUT2D eigenvalue weighted by Gasteiger charge is 2.25. The minimum atomic E-state index is -0.444. The van der Waals surface area contributed by atoms with E-state index in [0.717, 1.165) is 30.6 Å². The maximum Gasteiger partial charge on any atom is 0.253 e. The predicted octanol–water partition coefficient (Wildman–Crippen LogP) is 3.10. The summed E-state index contributed by atoms with van der Waals surface area (Å²) >= 11 is 7.64. The molecule has 2 N–H and O–H groups in total. The Morgan fingerprint density at radius 3 is 2.84 bits per heavy atom. The van der Waals surface area contributed by atoms with E-state index in [4.69, 9.17) is 11.6 Å². The van der Waals surface area contributed by atoms with Crippen LogP contribution in [0.15, 0.2) is 23.1 Å². The Bertz CT molecular complexity index is 467. The molecule has 1 saturated carbocycles. The van der Waals surface area contributed by atoms with Gasteiger partial charge in [0.1, 0.15) is 0 Å². The summed E-state index contributed by atoms with van der Waals surface area (Å²) in [5.74, 6) is -0.202. The predicted molar refractivity (Wildman–Crippen MR) is 79.0 cm³/mol. The first kappa shape index (κ1) is 14.7. The number of aliphatic hydroxyl groups excluding tert-OH is 1. The number of carbonyl (C=O) groups excluding carboxylic acids is 1. The summed E-state index contributed by atoms with van der Waals surface area (Å²) in [7, 11) is 0. The van der Waals surface area contributed by atoms with Gasteiger partial charge in [0.15, 0.2) is 0 Å². The molecular formula is C14H18ClNO2S. The zero-order valence-electron chi connectivity index (χ0n) is 10.9. The van der Waals surface area contributed by atoms with E-state index in [-0.39, 0.29) is 11.9 Å². The minimum Gasteiger partial charge on any atom is -0.391 e. The summed E-state index contributed by atoms with van der Waals surface area (Å²) < 4.78 is 0. The number of hydrogen-bond donors (Lipinski definition) is 2. The fourth-order valence-corrected chi connectivity index (χ4v) is 2.97. The van der Waals surface area contributed by atoms with Crippen molar-refractivity contribution in [1.29, 1.82) is 0 Å². The van der Waals surface area contributed by atoms with Crippen molar-refractivity contribution in [3.05, 3.63) is 28.8 Å². The van der Waals surface area contributed by atoms with Gasteiger partial charge in [-0.1, -0.05) is 24.4 Å². The number of rotatable bonds is 3. The van der Waals surface area contributed by atoms with Gasteiger partial charge in [-0.3, -0.25) is 4.79 Å². The molecule has 0 spiro atoms. The number of amides is 1. The van der Waals surface area contributed by atoms with Crippen molar-refractivity contribution < 1.29 is 9.90 Å². The van der Waals surface area contributed by atoms with Crippen LogP contribution < -0.4 is 5.32 Å². The zero-order valence-corrected chi connectivity index (χ0v) is 12.4. The van der Waals surface area contributed by atoms with Gasteiger partial charge in [0.2, 0.25) is 0 Å². The lowest BCUT2D eigenvalue weighted by Crippen LogP contribution is -2.45. The van der Waals surface area contributed by atoms with E-state index >= 15 is 0 Å². The van der Waals surface area contributed by atoms with Crippen LogP contribution >= 0.6 is 23.4 Å². The van der Waals surface area contributed by atoms with Crippen LogP contribution in [0.2, 0.25) is 5.02 Å². The first-order chi connectivity index (χ1) is 9.11. The van der Waals surface area contributed by atoms with Gasteiger partial charge in [-0.25, -0.2) is 0 Å². The normalized spacial score (nSPS) is 23.1. The molecule has 0 radical (unpaired) electrons. The SMILES string of the molecule is CSc1ccc(Cl)c(C(=O)N[C@H]2CCCC[C@@H]2O)c1. The summed E-state index contributed by atoms with van der Waals surface area (Å²) in [5.41, 5.74) is 0.478. The zero-order chi connectivity index (χ0) is 13.8. The van der Waals surface area contributed by atoms with Crippen LogP contribution in [0.1, 0.15) is 36.0 Å². The number of thioether (sulfide) groups is 1. The molecule has 1 amide bonds. The van der Waals surface area contributed by atoms with Gasteiger partial charge in [-0.2, -0.15) is 0 Å². The fourth-order valence-electron chi connectivity index (χ4n) is 2.33. The molecule has 1 fully saturated rings. The third kappa shape index (κ3) is 3.65. The standard InChI is InChI=1S/C14H18ClNO2S/c1-19-9-6-7-11(15)10(8-9)14(18)16-12-4-2-3-5-13(12)17/h6-8,12-13,17H,2-5H2,1H3,(H,16,18)/t12-,13-/m0/s1. The third-order valence-electron chi connectivity index (χ3n) is 3.46. The first-order valence-electron chi connectivity index (χ1n) is 6.44. The van der Waals surface area contributed by atoms with Crippen molar-refractivity contribution in [3.8, 4) is 0 Å². The largest absolute Gasteiger partial charge is 0.391 e. The molecule has 104 valence electrons. The molecule has 0 aliphatic heterocycles.